The third-order valence-electron chi connectivity index (χ3n) is 6.92. The fourth-order valence-electron chi connectivity index (χ4n) is 6.11. The summed E-state index contributed by atoms with van der Waals surface area (Å²) >= 11 is 0. The molecule has 2 saturated carbocycles. The average Bonchev–Trinajstić information content (AvgIpc) is 2.80. The summed E-state index contributed by atoms with van der Waals surface area (Å²) in [5.41, 5.74) is 3.85. The van der Waals surface area contributed by atoms with Crippen molar-refractivity contribution in [1.82, 2.24) is 0 Å². The summed E-state index contributed by atoms with van der Waals surface area (Å²) in [5.74, 6) is 4.71. The van der Waals surface area contributed by atoms with Crippen LogP contribution in [0.25, 0.3) is 0 Å². The molecule has 0 bridgehead atoms. The first-order valence-corrected chi connectivity index (χ1v) is 8.77. The zero-order chi connectivity index (χ0) is 14.6. The standard InChI is InChI=1S/C20H28O/c1-13-10-19-18-6-4-14-11-15(21-3)5-7-16(14)17(18)8-9-20(19,2)12-13/h5,7,11,13,17-19H,4,6,8-10,12H2,1-3H3/t13-,17-,18-,19+,20-/m1/s1. The molecule has 0 aliphatic heterocycles. The normalized spacial score (nSPS) is 41.1. The topological polar surface area (TPSA) is 9.23 Å². The summed E-state index contributed by atoms with van der Waals surface area (Å²) in [5, 5.41) is 0. The minimum absolute atomic E-state index is 0.643. The van der Waals surface area contributed by atoms with Crippen molar-refractivity contribution in [3.05, 3.63) is 29.3 Å². The van der Waals surface area contributed by atoms with Crippen LogP contribution in [0.1, 0.15) is 63.0 Å². The summed E-state index contributed by atoms with van der Waals surface area (Å²) < 4.78 is 5.42. The van der Waals surface area contributed by atoms with Crippen molar-refractivity contribution < 1.29 is 4.74 Å². The Hall–Kier alpha value is -0.980. The van der Waals surface area contributed by atoms with E-state index in [0.717, 1.165) is 29.4 Å². The van der Waals surface area contributed by atoms with Crippen molar-refractivity contribution in [2.75, 3.05) is 7.11 Å². The van der Waals surface area contributed by atoms with E-state index in [0.29, 0.717) is 5.41 Å². The highest BCUT2D eigenvalue weighted by Gasteiger charge is 2.51. The predicted molar refractivity (Wildman–Crippen MR) is 86.8 cm³/mol. The van der Waals surface area contributed by atoms with Crippen LogP contribution in [-0.4, -0.2) is 7.11 Å². The van der Waals surface area contributed by atoms with Crippen LogP contribution < -0.4 is 4.74 Å². The van der Waals surface area contributed by atoms with Crippen molar-refractivity contribution >= 4 is 0 Å². The van der Waals surface area contributed by atoms with E-state index in [1.54, 1.807) is 18.2 Å². The smallest absolute Gasteiger partial charge is 0.119 e. The monoisotopic (exact) mass is 284 g/mol. The molecule has 3 aliphatic carbocycles. The third kappa shape index (κ3) is 2.04. The van der Waals surface area contributed by atoms with Crippen LogP contribution in [-0.2, 0) is 6.42 Å². The molecule has 0 radical (unpaired) electrons. The second-order valence-electron chi connectivity index (χ2n) is 8.22. The lowest BCUT2D eigenvalue weighted by Gasteiger charge is -2.49. The van der Waals surface area contributed by atoms with E-state index in [1.165, 1.54) is 38.5 Å². The van der Waals surface area contributed by atoms with Gasteiger partial charge in [-0.3, -0.25) is 0 Å². The first kappa shape index (κ1) is 13.7. The highest BCUT2D eigenvalue weighted by molar-refractivity contribution is 5.40. The van der Waals surface area contributed by atoms with Crippen LogP contribution in [0.2, 0.25) is 0 Å². The van der Waals surface area contributed by atoms with Gasteiger partial charge in [-0.2, -0.15) is 0 Å². The highest BCUT2D eigenvalue weighted by Crippen LogP contribution is 2.62. The zero-order valence-corrected chi connectivity index (χ0v) is 13.7. The molecule has 2 fully saturated rings. The fraction of sp³-hybridized carbons (Fsp3) is 0.700. The molecule has 0 heterocycles. The van der Waals surface area contributed by atoms with Crippen LogP contribution in [0, 0.1) is 23.2 Å². The Morgan fingerprint density at radius 2 is 2.10 bits per heavy atom. The van der Waals surface area contributed by atoms with Crippen molar-refractivity contribution in [1.29, 1.82) is 0 Å². The number of fused-ring (bicyclic) bond motifs is 5. The van der Waals surface area contributed by atoms with Gasteiger partial charge in [-0.05, 0) is 90.9 Å². The van der Waals surface area contributed by atoms with Crippen LogP contribution in [0.4, 0.5) is 0 Å². The molecule has 0 amide bonds. The van der Waals surface area contributed by atoms with Gasteiger partial charge in [0.05, 0.1) is 7.11 Å². The number of aryl methyl sites for hydroxylation is 1. The summed E-state index contributed by atoms with van der Waals surface area (Å²) in [6.45, 7) is 5.06. The maximum atomic E-state index is 5.42. The molecule has 3 aliphatic rings. The first-order chi connectivity index (χ1) is 10.1. The molecule has 0 unspecified atom stereocenters. The van der Waals surface area contributed by atoms with Crippen LogP contribution in [0.15, 0.2) is 18.2 Å². The van der Waals surface area contributed by atoms with Crippen molar-refractivity contribution in [2.24, 2.45) is 23.2 Å². The maximum Gasteiger partial charge on any atom is 0.119 e. The second-order valence-corrected chi connectivity index (χ2v) is 8.22. The number of hydrogen-bond donors (Lipinski definition) is 0. The molecule has 114 valence electrons. The Labute approximate surface area is 129 Å². The largest absolute Gasteiger partial charge is 0.497 e. The van der Waals surface area contributed by atoms with E-state index in [-0.39, 0.29) is 0 Å². The summed E-state index contributed by atoms with van der Waals surface area (Å²) in [7, 11) is 1.78. The second kappa shape index (κ2) is 4.76. The maximum absolute atomic E-state index is 5.42. The molecule has 0 saturated heterocycles. The Balaban J connectivity index is 1.68. The fourth-order valence-corrected chi connectivity index (χ4v) is 6.11. The predicted octanol–water partition coefficient (Wildman–Crippen LogP) is 5.19. The van der Waals surface area contributed by atoms with Gasteiger partial charge in [0.25, 0.3) is 0 Å². The summed E-state index contributed by atoms with van der Waals surface area (Å²) in [6.07, 6.45) is 8.45. The number of ether oxygens (including phenoxy) is 1. The molecule has 1 nitrogen and oxygen atoms in total. The van der Waals surface area contributed by atoms with Crippen LogP contribution >= 0.6 is 0 Å². The average molecular weight is 284 g/mol. The van der Waals surface area contributed by atoms with Gasteiger partial charge in [-0.15, -0.1) is 0 Å². The van der Waals surface area contributed by atoms with E-state index < -0.39 is 0 Å². The number of benzene rings is 1. The van der Waals surface area contributed by atoms with Gasteiger partial charge >= 0.3 is 0 Å². The van der Waals surface area contributed by atoms with Crippen molar-refractivity contribution in [3.63, 3.8) is 0 Å². The van der Waals surface area contributed by atoms with Gasteiger partial charge in [-0.1, -0.05) is 19.9 Å². The molecule has 4 rings (SSSR count). The lowest BCUT2D eigenvalue weighted by atomic mass is 9.56. The lowest BCUT2D eigenvalue weighted by molar-refractivity contribution is 0.0598. The van der Waals surface area contributed by atoms with Gasteiger partial charge < -0.3 is 4.74 Å². The summed E-state index contributed by atoms with van der Waals surface area (Å²) in [6, 6.07) is 6.83. The van der Waals surface area contributed by atoms with Crippen LogP contribution in [0.3, 0.4) is 0 Å². The third-order valence-corrected chi connectivity index (χ3v) is 6.92. The Kier molecular flexibility index (Phi) is 3.10. The molecule has 21 heavy (non-hydrogen) atoms. The first-order valence-electron chi connectivity index (χ1n) is 8.77. The van der Waals surface area contributed by atoms with Crippen LogP contribution in [0.5, 0.6) is 5.75 Å². The Morgan fingerprint density at radius 3 is 2.90 bits per heavy atom. The van der Waals surface area contributed by atoms with E-state index in [4.69, 9.17) is 4.74 Å². The molecule has 0 aromatic heterocycles. The van der Waals surface area contributed by atoms with Gasteiger partial charge in [-0.25, -0.2) is 0 Å². The molecule has 1 aromatic carbocycles. The zero-order valence-electron chi connectivity index (χ0n) is 13.7. The molecule has 5 atom stereocenters. The Bertz CT molecular complexity index is 549. The van der Waals surface area contributed by atoms with E-state index >= 15 is 0 Å². The molecular formula is C20H28O. The summed E-state index contributed by atoms with van der Waals surface area (Å²) in [4.78, 5) is 0. The lowest BCUT2D eigenvalue weighted by Crippen LogP contribution is -2.39. The number of hydrogen-bond acceptors (Lipinski definition) is 1. The van der Waals surface area contributed by atoms with Crippen molar-refractivity contribution in [3.8, 4) is 5.75 Å². The molecule has 0 spiro atoms. The number of rotatable bonds is 1. The molecule has 1 aromatic rings. The quantitative estimate of drug-likeness (QED) is 0.690. The molecular weight excluding hydrogens is 256 g/mol. The van der Waals surface area contributed by atoms with Gasteiger partial charge in [0, 0.05) is 0 Å². The van der Waals surface area contributed by atoms with Gasteiger partial charge in [0.1, 0.15) is 5.75 Å². The molecule has 1 heteroatoms. The highest BCUT2D eigenvalue weighted by atomic mass is 16.5. The van der Waals surface area contributed by atoms with E-state index in [2.05, 4.69) is 32.0 Å². The van der Waals surface area contributed by atoms with Gasteiger partial charge in [0.15, 0.2) is 0 Å². The van der Waals surface area contributed by atoms with Gasteiger partial charge in [0.2, 0.25) is 0 Å². The molecule has 0 N–H and O–H groups in total. The van der Waals surface area contributed by atoms with E-state index in [1.807, 2.05) is 0 Å². The SMILES string of the molecule is COc1ccc2c(c1)CC[C@@H]1[C@@H]2CC[C@]2(C)C[C@H](C)C[C@@H]12. The van der Waals surface area contributed by atoms with Crippen molar-refractivity contribution in [2.45, 2.75) is 58.3 Å². The van der Waals surface area contributed by atoms with E-state index in [9.17, 15) is 0 Å². The minimum Gasteiger partial charge on any atom is -0.497 e. The number of methoxy groups -OCH3 is 1. The Morgan fingerprint density at radius 1 is 1.24 bits per heavy atom. The minimum atomic E-state index is 0.643.